The highest BCUT2D eigenvalue weighted by atomic mass is 32.2. The largest absolute Gasteiger partial charge is 0.416 e. The van der Waals surface area contributed by atoms with Crippen molar-refractivity contribution in [2.24, 2.45) is 5.92 Å². The number of anilines is 1. The van der Waals surface area contributed by atoms with E-state index >= 15 is 0 Å². The SMILES string of the molecule is CC(CO)CSC(C)C(=O)Nc1cccc(C(F)(F)F)c1. The Morgan fingerprint density at radius 2 is 2.05 bits per heavy atom. The molecule has 1 aromatic rings. The van der Waals surface area contributed by atoms with E-state index in [1.165, 1.54) is 23.9 Å². The summed E-state index contributed by atoms with van der Waals surface area (Å²) in [6.07, 6.45) is -4.43. The molecule has 0 spiro atoms. The van der Waals surface area contributed by atoms with E-state index in [2.05, 4.69) is 5.32 Å². The highest BCUT2D eigenvalue weighted by Crippen LogP contribution is 2.30. The molecule has 0 radical (unpaired) electrons. The molecule has 21 heavy (non-hydrogen) atoms. The third kappa shape index (κ3) is 5.97. The average Bonchev–Trinajstić information content (AvgIpc) is 2.43. The van der Waals surface area contributed by atoms with E-state index in [9.17, 15) is 18.0 Å². The summed E-state index contributed by atoms with van der Waals surface area (Å²) in [6, 6.07) is 4.54. The lowest BCUT2D eigenvalue weighted by Crippen LogP contribution is -2.24. The number of carbonyl (C=O) groups excluding carboxylic acids is 1. The molecule has 1 amide bonds. The number of rotatable bonds is 6. The Morgan fingerprint density at radius 3 is 2.62 bits per heavy atom. The number of nitrogens with one attached hydrogen (secondary N) is 1. The smallest absolute Gasteiger partial charge is 0.396 e. The summed E-state index contributed by atoms with van der Waals surface area (Å²) >= 11 is 1.35. The summed E-state index contributed by atoms with van der Waals surface area (Å²) < 4.78 is 37.7. The molecule has 0 aliphatic rings. The van der Waals surface area contributed by atoms with Gasteiger partial charge in [0.15, 0.2) is 0 Å². The lowest BCUT2D eigenvalue weighted by molar-refractivity contribution is -0.137. The van der Waals surface area contributed by atoms with Crippen molar-refractivity contribution >= 4 is 23.4 Å². The van der Waals surface area contributed by atoms with Gasteiger partial charge in [0.25, 0.3) is 0 Å². The molecule has 0 aromatic heterocycles. The minimum atomic E-state index is -4.43. The van der Waals surface area contributed by atoms with Gasteiger partial charge in [0.2, 0.25) is 5.91 Å². The van der Waals surface area contributed by atoms with E-state index in [0.717, 1.165) is 12.1 Å². The molecule has 0 aliphatic carbocycles. The molecule has 0 aliphatic heterocycles. The minimum absolute atomic E-state index is 0.0367. The van der Waals surface area contributed by atoms with Crippen LogP contribution in [0, 0.1) is 5.92 Å². The van der Waals surface area contributed by atoms with Crippen LogP contribution in [0.5, 0.6) is 0 Å². The number of alkyl halides is 3. The second kappa shape index (κ2) is 7.70. The maximum atomic E-state index is 12.6. The van der Waals surface area contributed by atoms with Crippen LogP contribution in [-0.4, -0.2) is 28.6 Å². The lowest BCUT2D eigenvalue weighted by atomic mass is 10.2. The first-order chi connectivity index (χ1) is 9.74. The highest BCUT2D eigenvalue weighted by Gasteiger charge is 2.30. The molecule has 0 heterocycles. The summed E-state index contributed by atoms with van der Waals surface area (Å²) in [5.74, 6) is 0.316. The van der Waals surface area contributed by atoms with Crippen molar-refractivity contribution < 1.29 is 23.1 Å². The molecule has 2 N–H and O–H groups in total. The van der Waals surface area contributed by atoms with Crippen LogP contribution in [0.2, 0.25) is 0 Å². The van der Waals surface area contributed by atoms with Crippen molar-refractivity contribution in [3.05, 3.63) is 29.8 Å². The van der Waals surface area contributed by atoms with Gasteiger partial charge in [-0.05, 0) is 36.8 Å². The Hall–Kier alpha value is -1.21. The number of benzene rings is 1. The van der Waals surface area contributed by atoms with Gasteiger partial charge in [-0.15, -0.1) is 11.8 Å². The van der Waals surface area contributed by atoms with Gasteiger partial charge < -0.3 is 10.4 Å². The molecule has 2 unspecified atom stereocenters. The maximum Gasteiger partial charge on any atom is 0.416 e. The predicted molar refractivity (Wildman–Crippen MR) is 78.2 cm³/mol. The van der Waals surface area contributed by atoms with E-state index in [1.54, 1.807) is 6.92 Å². The zero-order valence-electron chi connectivity index (χ0n) is 11.8. The Bertz CT molecular complexity index is 480. The molecule has 3 nitrogen and oxygen atoms in total. The number of hydrogen-bond donors (Lipinski definition) is 2. The van der Waals surface area contributed by atoms with Crippen LogP contribution >= 0.6 is 11.8 Å². The van der Waals surface area contributed by atoms with Gasteiger partial charge in [0.05, 0.1) is 10.8 Å². The van der Waals surface area contributed by atoms with Crippen LogP contribution in [0.3, 0.4) is 0 Å². The third-order valence-corrected chi connectivity index (χ3v) is 4.24. The van der Waals surface area contributed by atoms with Crippen LogP contribution in [-0.2, 0) is 11.0 Å². The molecule has 0 bridgehead atoms. The number of aliphatic hydroxyl groups excluding tert-OH is 1. The number of carbonyl (C=O) groups is 1. The van der Waals surface area contributed by atoms with Gasteiger partial charge in [0.1, 0.15) is 0 Å². The summed E-state index contributed by atoms with van der Waals surface area (Å²) in [5.41, 5.74) is -0.674. The van der Waals surface area contributed by atoms with Crippen molar-refractivity contribution in [2.75, 3.05) is 17.7 Å². The van der Waals surface area contributed by atoms with E-state index in [1.807, 2.05) is 6.92 Å². The topological polar surface area (TPSA) is 49.3 Å². The van der Waals surface area contributed by atoms with Crippen molar-refractivity contribution in [1.82, 2.24) is 0 Å². The van der Waals surface area contributed by atoms with Crippen LogP contribution in [0.1, 0.15) is 19.4 Å². The average molecular weight is 321 g/mol. The molecule has 7 heteroatoms. The number of aliphatic hydroxyl groups is 1. The van der Waals surface area contributed by atoms with Gasteiger partial charge in [-0.25, -0.2) is 0 Å². The van der Waals surface area contributed by atoms with E-state index in [4.69, 9.17) is 5.11 Å². The summed E-state index contributed by atoms with van der Waals surface area (Å²) in [7, 11) is 0. The molecule has 0 fully saturated rings. The Labute approximate surface area is 125 Å². The molecular weight excluding hydrogens is 303 g/mol. The third-order valence-electron chi connectivity index (χ3n) is 2.77. The molecular formula is C14H18F3NO2S. The number of hydrogen-bond acceptors (Lipinski definition) is 3. The van der Waals surface area contributed by atoms with Gasteiger partial charge in [-0.1, -0.05) is 13.0 Å². The maximum absolute atomic E-state index is 12.6. The van der Waals surface area contributed by atoms with E-state index in [0.29, 0.717) is 5.75 Å². The fourth-order valence-electron chi connectivity index (χ4n) is 1.45. The quantitative estimate of drug-likeness (QED) is 0.844. The Morgan fingerprint density at radius 1 is 1.38 bits per heavy atom. The van der Waals surface area contributed by atoms with Crippen molar-refractivity contribution in [2.45, 2.75) is 25.3 Å². The summed E-state index contributed by atoms with van der Waals surface area (Å²) in [5, 5.41) is 11.0. The van der Waals surface area contributed by atoms with Crippen molar-refractivity contribution in [1.29, 1.82) is 0 Å². The van der Waals surface area contributed by atoms with Gasteiger partial charge in [-0.2, -0.15) is 13.2 Å². The second-order valence-corrected chi connectivity index (χ2v) is 6.20. The highest BCUT2D eigenvalue weighted by molar-refractivity contribution is 8.00. The molecule has 0 saturated heterocycles. The molecule has 118 valence electrons. The van der Waals surface area contributed by atoms with Crippen LogP contribution in [0.15, 0.2) is 24.3 Å². The second-order valence-electron chi connectivity index (χ2n) is 4.83. The number of amides is 1. The van der Waals surface area contributed by atoms with Crippen LogP contribution < -0.4 is 5.32 Å². The first-order valence-electron chi connectivity index (χ1n) is 6.44. The number of thioether (sulfide) groups is 1. The molecule has 2 atom stereocenters. The normalized spacial score (nSPS) is 14.6. The van der Waals surface area contributed by atoms with E-state index in [-0.39, 0.29) is 24.1 Å². The fourth-order valence-corrected chi connectivity index (χ4v) is 2.39. The van der Waals surface area contributed by atoms with Crippen LogP contribution in [0.25, 0.3) is 0 Å². The van der Waals surface area contributed by atoms with Crippen LogP contribution in [0.4, 0.5) is 18.9 Å². The molecule has 1 aromatic carbocycles. The molecule has 0 saturated carbocycles. The predicted octanol–water partition coefficient (Wildman–Crippen LogP) is 3.39. The zero-order chi connectivity index (χ0) is 16.0. The summed E-state index contributed by atoms with van der Waals surface area (Å²) in [4.78, 5) is 11.9. The van der Waals surface area contributed by atoms with Crippen molar-refractivity contribution in [3.8, 4) is 0 Å². The van der Waals surface area contributed by atoms with Gasteiger partial charge in [0, 0.05) is 12.3 Å². The Balaban J connectivity index is 2.62. The van der Waals surface area contributed by atoms with E-state index < -0.39 is 17.0 Å². The minimum Gasteiger partial charge on any atom is -0.396 e. The zero-order valence-corrected chi connectivity index (χ0v) is 12.6. The van der Waals surface area contributed by atoms with Gasteiger partial charge in [-0.3, -0.25) is 4.79 Å². The van der Waals surface area contributed by atoms with Gasteiger partial charge >= 0.3 is 6.18 Å². The molecule has 1 rings (SSSR count). The number of halogens is 3. The fraction of sp³-hybridized carbons (Fsp3) is 0.500. The Kier molecular flexibility index (Phi) is 6.54. The first-order valence-corrected chi connectivity index (χ1v) is 7.49. The summed E-state index contributed by atoms with van der Waals surface area (Å²) in [6.45, 7) is 3.57. The standard InChI is InChI=1S/C14H18F3NO2S/c1-9(7-19)8-21-10(2)13(20)18-12-5-3-4-11(6-12)14(15,16)17/h3-6,9-10,19H,7-8H2,1-2H3,(H,18,20). The first kappa shape index (κ1) is 17.8. The monoisotopic (exact) mass is 321 g/mol. The van der Waals surface area contributed by atoms with Crippen molar-refractivity contribution in [3.63, 3.8) is 0 Å². The lowest BCUT2D eigenvalue weighted by Gasteiger charge is -2.15.